The smallest absolute Gasteiger partial charge is 0.410 e. The Labute approximate surface area is 274 Å². The van der Waals surface area contributed by atoms with Gasteiger partial charge in [0.2, 0.25) is 5.56 Å². The number of hydrogen-bond acceptors (Lipinski definition) is 8. The van der Waals surface area contributed by atoms with Crippen LogP contribution in [0.5, 0.6) is 11.5 Å². The molecule has 2 aromatic heterocycles. The summed E-state index contributed by atoms with van der Waals surface area (Å²) in [5.41, 5.74) is 0.164. The van der Waals surface area contributed by atoms with Crippen molar-refractivity contribution in [2.75, 3.05) is 33.9 Å². The molecule has 11 nitrogen and oxygen atoms in total. The summed E-state index contributed by atoms with van der Waals surface area (Å²) in [7, 11) is 3.20. The van der Waals surface area contributed by atoms with Crippen LogP contribution >= 0.6 is 0 Å². The summed E-state index contributed by atoms with van der Waals surface area (Å²) in [6.45, 7) is 8.94. The minimum atomic E-state index is -0.680. The van der Waals surface area contributed by atoms with Gasteiger partial charge in [0.1, 0.15) is 17.1 Å². The molecule has 0 atom stereocenters. The SMILES string of the molecule is CCOC(=O)C1(CCCn2c(=O)ccc3ccc(OC)cc32)CCN(C(=O)OC(C)(C)C)CC1.COc1ccc2ccc(=O)[nH]c2c1. The molecule has 1 amide bonds. The summed E-state index contributed by atoms with van der Waals surface area (Å²) in [6.07, 6.45) is 1.84. The van der Waals surface area contributed by atoms with Crippen LogP contribution in [0.15, 0.2) is 70.3 Å². The second-order valence-corrected chi connectivity index (χ2v) is 12.6. The maximum atomic E-state index is 13.0. The fraction of sp³-hybridized carbons (Fsp3) is 0.444. The second-order valence-electron chi connectivity index (χ2n) is 12.6. The lowest BCUT2D eigenvalue weighted by Gasteiger charge is -2.40. The number of likely N-dealkylation sites (tertiary alicyclic amines) is 1. The molecule has 252 valence electrons. The summed E-state index contributed by atoms with van der Waals surface area (Å²) in [5, 5.41) is 1.95. The van der Waals surface area contributed by atoms with E-state index >= 15 is 0 Å². The van der Waals surface area contributed by atoms with Gasteiger partial charge in [-0.2, -0.15) is 0 Å². The number of ether oxygens (including phenoxy) is 4. The fourth-order valence-corrected chi connectivity index (χ4v) is 5.74. The van der Waals surface area contributed by atoms with E-state index in [2.05, 4.69) is 4.98 Å². The Morgan fingerprint density at radius 2 is 1.49 bits per heavy atom. The lowest BCUT2D eigenvalue weighted by molar-refractivity contribution is -0.159. The number of benzene rings is 2. The molecule has 1 saturated heterocycles. The number of rotatable bonds is 8. The number of carbonyl (C=O) groups is 2. The van der Waals surface area contributed by atoms with Crippen LogP contribution in [-0.4, -0.2) is 66.0 Å². The van der Waals surface area contributed by atoms with E-state index in [0.29, 0.717) is 57.7 Å². The molecule has 0 radical (unpaired) electrons. The molecule has 0 spiro atoms. The summed E-state index contributed by atoms with van der Waals surface area (Å²) >= 11 is 0. The number of H-pyrrole nitrogens is 1. The van der Waals surface area contributed by atoms with Crippen molar-refractivity contribution in [1.29, 1.82) is 0 Å². The third kappa shape index (κ3) is 8.93. The van der Waals surface area contributed by atoms with Gasteiger partial charge in [0, 0.05) is 43.9 Å². The fourth-order valence-electron chi connectivity index (χ4n) is 5.74. The van der Waals surface area contributed by atoms with Crippen LogP contribution in [0.25, 0.3) is 21.8 Å². The predicted octanol–water partition coefficient (Wildman–Crippen LogP) is 5.91. The minimum Gasteiger partial charge on any atom is -0.497 e. The van der Waals surface area contributed by atoms with Crippen LogP contribution in [0.1, 0.15) is 53.4 Å². The van der Waals surface area contributed by atoms with E-state index in [1.807, 2.05) is 51.1 Å². The van der Waals surface area contributed by atoms with Crippen molar-refractivity contribution in [2.24, 2.45) is 5.41 Å². The first-order valence-electron chi connectivity index (χ1n) is 15.9. The summed E-state index contributed by atoms with van der Waals surface area (Å²) < 4.78 is 23.0. The van der Waals surface area contributed by atoms with Crippen LogP contribution < -0.4 is 20.6 Å². The lowest BCUT2D eigenvalue weighted by atomic mass is 9.74. The minimum absolute atomic E-state index is 0.0920. The zero-order chi connectivity index (χ0) is 34.2. The van der Waals surface area contributed by atoms with E-state index in [4.69, 9.17) is 18.9 Å². The van der Waals surface area contributed by atoms with Crippen LogP contribution in [-0.2, 0) is 20.8 Å². The number of amides is 1. The average molecular weight is 648 g/mol. The Hall–Kier alpha value is -4.80. The summed E-state index contributed by atoms with van der Waals surface area (Å²) in [5.74, 6) is 1.20. The highest BCUT2D eigenvalue weighted by atomic mass is 16.6. The van der Waals surface area contributed by atoms with Gasteiger partial charge in [-0.1, -0.05) is 0 Å². The van der Waals surface area contributed by atoms with Crippen LogP contribution in [0.2, 0.25) is 0 Å². The highest BCUT2D eigenvalue weighted by Gasteiger charge is 2.43. The third-order valence-electron chi connectivity index (χ3n) is 8.25. The molecule has 1 N–H and O–H groups in total. The van der Waals surface area contributed by atoms with Gasteiger partial charge in [0.05, 0.1) is 37.3 Å². The maximum absolute atomic E-state index is 13.0. The number of nitrogens with one attached hydrogen (secondary N) is 1. The molecular formula is C36H45N3O8. The highest BCUT2D eigenvalue weighted by Crippen LogP contribution is 2.38. The van der Waals surface area contributed by atoms with Crippen LogP contribution in [0.3, 0.4) is 0 Å². The van der Waals surface area contributed by atoms with Gasteiger partial charge in [-0.3, -0.25) is 14.4 Å². The number of piperidine rings is 1. The van der Waals surface area contributed by atoms with Crippen molar-refractivity contribution in [3.63, 3.8) is 0 Å². The van der Waals surface area contributed by atoms with Crippen LogP contribution in [0, 0.1) is 5.41 Å². The average Bonchev–Trinajstić information content (AvgIpc) is 3.05. The van der Waals surface area contributed by atoms with Crippen molar-refractivity contribution in [2.45, 2.75) is 65.5 Å². The molecule has 0 bridgehead atoms. The van der Waals surface area contributed by atoms with Crippen molar-refractivity contribution < 1.29 is 28.5 Å². The molecule has 1 fully saturated rings. The predicted molar refractivity (Wildman–Crippen MR) is 181 cm³/mol. The Morgan fingerprint density at radius 1 is 0.872 bits per heavy atom. The first-order valence-corrected chi connectivity index (χ1v) is 15.9. The Morgan fingerprint density at radius 3 is 2.13 bits per heavy atom. The summed E-state index contributed by atoms with van der Waals surface area (Å²) in [4.78, 5) is 53.5. The zero-order valence-electron chi connectivity index (χ0n) is 28.1. The molecular weight excluding hydrogens is 602 g/mol. The first-order chi connectivity index (χ1) is 22.4. The van der Waals surface area contributed by atoms with Gasteiger partial charge in [-0.05, 0) is 101 Å². The molecule has 47 heavy (non-hydrogen) atoms. The first kappa shape index (κ1) is 35.1. The second kappa shape index (κ2) is 15.2. The highest BCUT2D eigenvalue weighted by molar-refractivity contribution is 5.81. The maximum Gasteiger partial charge on any atom is 0.410 e. The number of hydrogen-bond donors (Lipinski definition) is 1. The zero-order valence-corrected chi connectivity index (χ0v) is 28.1. The molecule has 5 rings (SSSR count). The largest absolute Gasteiger partial charge is 0.497 e. The van der Waals surface area contributed by atoms with E-state index in [-0.39, 0.29) is 23.2 Å². The summed E-state index contributed by atoms with van der Waals surface area (Å²) in [6, 6.07) is 17.9. The van der Waals surface area contributed by atoms with E-state index in [1.54, 1.807) is 54.9 Å². The quantitative estimate of drug-likeness (QED) is 0.234. The van der Waals surface area contributed by atoms with Gasteiger partial charge in [-0.15, -0.1) is 0 Å². The molecule has 0 saturated carbocycles. The van der Waals surface area contributed by atoms with Crippen molar-refractivity contribution in [3.05, 3.63) is 81.4 Å². The number of fused-ring (bicyclic) bond motifs is 2. The lowest BCUT2D eigenvalue weighted by Crippen LogP contribution is -2.48. The van der Waals surface area contributed by atoms with Crippen LogP contribution in [0.4, 0.5) is 4.79 Å². The van der Waals surface area contributed by atoms with Gasteiger partial charge < -0.3 is 33.4 Å². The molecule has 2 aromatic carbocycles. The van der Waals surface area contributed by atoms with Gasteiger partial charge in [0.15, 0.2) is 0 Å². The van der Waals surface area contributed by atoms with Gasteiger partial charge in [-0.25, -0.2) is 4.79 Å². The number of nitrogens with zero attached hydrogens (tertiary/aromatic N) is 2. The number of esters is 1. The monoisotopic (exact) mass is 647 g/mol. The Bertz CT molecular complexity index is 1810. The van der Waals surface area contributed by atoms with E-state index in [9.17, 15) is 19.2 Å². The number of aromatic nitrogens is 2. The van der Waals surface area contributed by atoms with Crippen molar-refractivity contribution >= 4 is 33.9 Å². The van der Waals surface area contributed by atoms with Crippen molar-refractivity contribution in [3.8, 4) is 11.5 Å². The van der Waals surface area contributed by atoms with E-state index in [0.717, 1.165) is 27.6 Å². The van der Waals surface area contributed by atoms with Crippen molar-refractivity contribution in [1.82, 2.24) is 14.5 Å². The molecule has 3 heterocycles. The van der Waals surface area contributed by atoms with Gasteiger partial charge >= 0.3 is 12.1 Å². The third-order valence-corrected chi connectivity index (χ3v) is 8.25. The number of methoxy groups -OCH3 is 2. The Balaban J connectivity index is 0.000000318. The van der Waals surface area contributed by atoms with Gasteiger partial charge in [0.25, 0.3) is 5.56 Å². The molecule has 0 unspecified atom stereocenters. The topological polar surface area (TPSA) is 129 Å². The number of pyridine rings is 2. The molecule has 4 aromatic rings. The number of aryl methyl sites for hydroxylation is 1. The Kier molecular flexibility index (Phi) is 11.3. The molecule has 1 aliphatic heterocycles. The molecule has 1 aliphatic rings. The number of carbonyl (C=O) groups excluding carboxylic acids is 2. The molecule has 0 aliphatic carbocycles. The standard InChI is InChI=1S/C26H36N2O6.C10H9NO2/c1-6-33-23(30)26(13-16-27(17-14-26)24(31)34-25(2,3)4)12-7-15-28-21-18-20(32-5)10-8-19(21)9-11-22(28)29;1-13-8-4-2-7-3-5-10(12)11-9(7)6-8/h8-11,18H,6-7,12-17H2,1-5H3;2-6H,1H3,(H,11,12). The number of aromatic amines is 1. The molecule has 11 heteroatoms. The normalized spacial score (nSPS) is 14.2. The van der Waals surface area contributed by atoms with E-state index in [1.165, 1.54) is 6.07 Å². The van der Waals surface area contributed by atoms with E-state index < -0.39 is 11.0 Å².